The highest BCUT2D eigenvalue weighted by Crippen LogP contribution is 2.31. The third-order valence-corrected chi connectivity index (χ3v) is 4.81. The van der Waals surface area contributed by atoms with Crippen LogP contribution in [0.5, 0.6) is 5.75 Å². The van der Waals surface area contributed by atoms with E-state index in [1.54, 1.807) is 0 Å². The Kier molecular flexibility index (Phi) is 4.30. The van der Waals surface area contributed by atoms with Gasteiger partial charge in [-0.25, -0.2) is 0 Å². The zero-order chi connectivity index (χ0) is 13.9. The van der Waals surface area contributed by atoms with Crippen LogP contribution in [0, 0.1) is 19.8 Å². The molecule has 1 saturated heterocycles. The quantitative estimate of drug-likeness (QED) is 0.881. The van der Waals surface area contributed by atoms with Crippen molar-refractivity contribution in [3.8, 4) is 5.75 Å². The van der Waals surface area contributed by atoms with E-state index < -0.39 is 0 Å². The molecule has 0 amide bonds. The number of benzene rings is 1. The van der Waals surface area contributed by atoms with Gasteiger partial charge < -0.3 is 10.1 Å². The molecule has 1 aliphatic heterocycles. The Morgan fingerprint density at radius 2 is 2.00 bits per heavy atom. The van der Waals surface area contributed by atoms with E-state index in [1.165, 1.54) is 55.3 Å². The van der Waals surface area contributed by atoms with Gasteiger partial charge in [-0.05, 0) is 69.5 Å². The van der Waals surface area contributed by atoms with Gasteiger partial charge in [0, 0.05) is 6.04 Å². The third-order valence-electron chi connectivity index (χ3n) is 4.81. The van der Waals surface area contributed by atoms with E-state index in [0.717, 1.165) is 24.7 Å². The third kappa shape index (κ3) is 3.17. The van der Waals surface area contributed by atoms with Gasteiger partial charge in [0.05, 0.1) is 6.61 Å². The number of ether oxygens (including phenoxy) is 1. The summed E-state index contributed by atoms with van der Waals surface area (Å²) in [5, 5.41) is 3.60. The van der Waals surface area contributed by atoms with Crippen LogP contribution in [0.4, 0.5) is 0 Å². The highest BCUT2D eigenvalue weighted by atomic mass is 16.5. The molecule has 0 aromatic heterocycles. The number of hydrogen-bond donors (Lipinski definition) is 1. The first-order valence-electron chi connectivity index (χ1n) is 8.18. The molecule has 3 rings (SSSR count). The topological polar surface area (TPSA) is 21.3 Å². The maximum Gasteiger partial charge on any atom is 0.125 e. The average Bonchev–Trinajstić information content (AvgIpc) is 2.83. The van der Waals surface area contributed by atoms with Crippen molar-refractivity contribution in [1.29, 1.82) is 0 Å². The summed E-state index contributed by atoms with van der Waals surface area (Å²) in [6, 6.07) is 5.22. The zero-order valence-corrected chi connectivity index (χ0v) is 12.9. The maximum atomic E-state index is 6.21. The molecule has 1 aromatic carbocycles. The van der Waals surface area contributed by atoms with Crippen LogP contribution in [0.3, 0.4) is 0 Å². The van der Waals surface area contributed by atoms with Crippen LogP contribution >= 0.6 is 0 Å². The van der Waals surface area contributed by atoms with Crippen molar-refractivity contribution in [2.45, 2.75) is 58.4 Å². The summed E-state index contributed by atoms with van der Waals surface area (Å²) >= 11 is 0. The van der Waals surface area contributed by atoms with Gasteiger partial charge in [0.15, 0.2) is 0 Å². The van der Waals surface area contributed by atoms with Crippen molar-refractivity contribution in [2.24, 2.45) is 5.92 Å². The lowest BCUT2D eigenvalue weighted by atomic mass is 9.86. The van der Waals surface area contributed by atoms with Crippen molar-refractivity contribution in [3.63, 3.8) is 0 Å². The second-order valence-corrected chi connectivity index (χ2v) is 6.68. The Morgan fingerprint density at radius 1 is 1.15 bits per heavy atom. The summed E-state index contributed by atoms with van der Waals surface area (Å²) < 4.78 is 6.21. The van der Waals surface area contributed by atoms with Crippen molar-refractivity contribution in [3.05, 3.63) is 28.8 Å². The van der Waals surface area contributed by atoms with Crippen LogP contribution in [-0.4, -0.2) is 19.2 Å². The smallest absolute Gasteiger partial charge is 0.125 e. The number of hydrogen-bond acceptors (Lipinski definition) is 2. The second kappa shape index (κ2) is 6.17. The van der Waals surface area contributed by atoms with E-state index in [4.69, 9.17) is 4.74 Å². The van der Waals surface area contributed by atoms with E-state index in [2.05, 4.69) is 31.3 Å². The average molecular weight is 273 g/mol. The van der Waals surface area contributed by atoms with Gasteiger partial charge in [0.2, 0.25) is 0 Å². The van der Waals surface area contributed by atoms with E-state index in [-0.39, 0.29) is 0 Å². The monoisotopic (exact) mass is 273 g/mol. The van der Waals surface area contributed by atoms with E-state index in [0.29, 0.717) is 6.04 Å². The van der Waals surface area contributed by atoms with Gasteiger partial charge in [-0.3, -0.25) is 0 Å². The van der Waals surface area contributed by atoms with Gasteiger partial charge >= 0.3 is 0 Å². The minimum absolute atomic E-state index is 0.641. The van der Waals surface area contributed by atoms with Crippen molar-refractivity contribution < 1.29 is 4.74 Å². The molecule has 0 spiro atoms. The molecule has 1 atom stereocenters. The lowest BCUT2D eigenvalue weighted by Crippen LogP contribution is -2.25. The molecule has 0 radical (unpaired) electrons. The van der Waals surface area contributed by atoms with Gasteiger partial charge in [-0.15, -0.1) is 0 Å². The van der Waals surface area contributed by atoms with Crippen LogP contribution in [0.1, 0.15) is 48.8 Å². The van der Waals surface area contributed by atoms with Crippen LogP contribution in [-0.2, 0) is 6.42 Å². The standard InChI is InChI=1S/C18H27NO/c1-13-9-14(2)18(20-12-15-5-3-6-15)16(10-13)11-17-7-4-8-19-17/h9-10,15,17,19H,3-8,11-12H2,1-2H3. The number of aryl methyl sites for hydroxylation is 2. The summed E-state index contributed by atoms with van der Waals surface area (Å²) in [5.41, 5.74) is 4.06. The highest BCUT2D eigenvalue weighted by molar-refractivity contribution is 5.44. The molecule has 1 unspecified atom stereocenters. The molecule has 1 heterocycles. The molecular formula is C18H27NO. The fraction of sp³-hybridized carbons (Fsp3) is 0.667. The molecular weight excluding hydrogens is 246 g/mol. The van der Waals surface area contributed by atoms with E-state index >= 15 is 0 Å². The largest absolute Gasteiger partial charge is 0.493 e. The Labute approximate surface area is 122 Å². The van der Waals surface area contributed by atoms with Crippen LogP contribution < -0.4 is 10.1 Å². The molecule has 2 aliphatic rings. The van der Waals surface area contributed by atoms with Crippen molar-refractivity contribution in [2.75, 3.05) is 13.2 Å². The molecule has 110 valence electrons. The Morgan fingerprint density at radius 3 is 2.65 bits per heavy atom. The summed E-state index contributed by atoms with van der Waals surface area (Å²) in [6.45, 7) is 6.46. The molecule has 2 nitrogen and oxygen atoms in total. The van der Waals surface area contributed by atoms with Crippen LogP contribution in [0.25, 0.3) is 0 Å². The molecule has 1 aliphatic carbocycles. The fourth-order valence-electron chi connectivity index (χ4n) is 3.46. The number of rotatable bonds is 5. The molecule has 20 heavy (non-hydrogen) atoms. The predicted octanol–water partition coefficient (Wildman–Crippen LogP) is 3.78. The van der Waals surface area contributed by atoms with Crippen LogP contribution in [0.2, 0.25) is 0 Å². The predicted molar refractivity (Wildman–Crippen MR) is 83.5 cm³/mol. The molecule has 2 fully saturated rings. The lowest BCUT2D eigenvalue weighted by Gasteiger charge is -2.27. The minimum Gasteiger partial charge on any atom is -0.493 e. The molecule has 1 aromatic rings. The molecule has 1 N–H and O–H groups in total. The molecule has 2 heteroatoms. The maximum absolute atomic E-state index is 6.21. The first kappa shape index (κ1) is 13.9. The minimum atomic E-state index is 0.641. The second-order valence-electron chi connectivity index (χ2n) is 6.68. The van der Waals surface area contributed by atoms with Gasteiger partial charge in [-0.1, -0.05) is 24.1 Å². The van der Waals surface area contributed by atoms with Gasteiger partial charge in [0.1, 0.15) is 5.75 Å². The Balaban J connectivity index is 1.73. The molecule has 0 bridgehead atoms. The fourth-order valence-corrected chi connectivity index (χ4v) is 3.46. The summed E-state index contributed by atoms with van der Waals surface area (Å²) in [6.07, 6.45) is 7.82. The van der Waals surface area contributed by atoms with Crippen LogP contribution in [0.15, 0.2) is 12.1 Å². The normalized spacial score (nSPS) is 22.8. The van der Waals surface area contributed by atoms with Gasteiger partial charge in [0.25, 0.3) is 0 Å². The molecule has 1 saturated carbocycles. The first-order chi connectivity index (χ1) is 9.72. The van der Waals surface area contributed by atoms with Crippen molar-refractivity contribution >= 4 is 0 Å². The van der Waals surface area contributed by atoms with Gasteiger partial charge in [-0.2, -0.15) is 0 Å². The van der Waals surface area contributed by atoms with E-state index in [1.807, 2.05) is 0 Å². The lowest BCUT2D eigenvalue weighted by molar-refractivity contribution is 0.178. The Hall–Kier alpha value is -1.02. The SMILES string of the molecule is Cc1cc(C)c(OCC2CCC2)c(CC2CCCN2)c1. The van der Waals surface area contributed by atoms with Crippen molar-refractivity contribution in [1.82, 2.24) is 5.32 Å². The highest BCUT2D eigenvalue weighted by Gasteiger charge is 2.21. The summed E-state index contributed by atoms with van der Waals surface area (Å²) in [7, 11) is 0. The summed E-state index contributed by atoms with van der Waals surface area (Å²) in [4.78, 5) is 0. The summed E-state index contributed by atoms with van der Waals surface area (Å²) in [5.74, 6) is 1.96. The van der Waals surface area contributed by atoms with E-state index in [9.17, 15) is 0 Å². The Bertz CT molecular complexity index is 459. The number of nitrogens with one attached hydrogen (secondary N) is 1. The zero-order valence-electron chi connectivity index (χ0n) is 12.9. The first-order valence-corrected chi connectivity index (χ1v) is 8.18.